The van der Waals surface area contributed by atoms with Gasteiger partial charge in [0.1, 0.15) is 6.07 Å². The van der Waals surface area contributed by atoms with Gasteiger partial charge in [0.15, 0.2) is 5.69 Å². The summed E-state index contributed by atoms with van der Waals surface area (Å²) in [4.78, 5) is 0. The summed E-state index contributed by atoms with van der Waals surface area (Å²) >= 11 is 0. The standard InChI is InChI=1S/C18H15N3/c1-13-3-7-15(8-4-13)18-11-16(12-19)20-21(18)17-9-5-14(2)6-10-17/h3-11H,1-2H3. The van der Waals surface area contributed by atoms with Crippen LogP contribution in [0.1, 0.15) is 16.8 Å². The molecule has 3 rings (SSSR count). The van der Waals surface area contributed by atoms with Crippen LogP contribution in [-0.2, 0) is 0 Å². The molecule has 0 bridgehead atoms. The molecule has 0 aliphatic rings. The molecule has 0 saturated carbocycles. The Hall–Kier alpha value is -2.86. The van der Waals surface area contributed by atoms with Crippen LogP contribution in [0.25, 0.3) is 16.9 Å². The predicted octanol–water partition coefficient (Wildman–Crippen LogP) is 4.03. The zero-order valence-electron chi connectivity index (χ0n) is 12.0. The molecule has 3 aromatic rings. The van der Waals surface area contributed by atoms with E-state index in [-0.39, 0.29) is 0 Å². The lowest BCUT2D eigenvalue weighted by Gasteiger charge is -2.08. The first-order valence-electron chi connectivity index (χ1n) is 6.81. The van der Waals surface area contributed by atoms with Gasteiger partial charge in [0, 0.05) is 11.6 Å². The lowest BCUT2D eigenvalue weighted by Crippen LogP contribution is -1.99. The fourth-order valence-corrected chi connectivity index (χ4v) is 2.25. The highest BCUT2D eigenvalue weighted by Gasteiger charge is 2.11. The number of benzene rings is 2. The van der Waals surface area contributed by atoms with E-state index in [2.05, 4.69) is 49.3 Å². The van der Waals surface area contributed by atoms with Crippen molar-refractivity contribution in [2.75, 3.05) is 0 Å². The van der Waals surface area contributed by atoms with Crippen LogP contribution in [0.3, 0.4) is 0 Å². The highest BCUT2D eigenvalue weighted by molar-refractivity contribution is 5.64. The number of hydrogen-bond acceptors (Lipinski definition) is 2. The molecular formula is C18H15N3. The fraction of sp³-hybridized carbons (Fsp3) is 0.111. The van der Waals surface area contributed by atoms with E-state index >= 15 is 0 Å². The fourth-order valence-electron chi connectivity index (χ4n) is 2.25. The summed E-state index contributed by atoms with van der Waals surface area (Å²) < 4.78 is 1.82. The van der Waals surface area contributed by atoms with Crippen LogP contribution in [0.4, 0.5) is 0 Å². The molecule has 0 aliphatic heterocycles. The van der Waals surface area contributed by atoms with Crippen molar-refractivity contribution in [1.29, 1.82) is 5.26 Å². The van der Waals surface area contributed by atoms with Crippen LogP contribution in [-0.4, -0.2) is 9.78 Å². The van der Waals surface area contributed by atoms with Crippen LogP contribution in [0.15, 0.2) is 54.6 Å². The van der Waals surface area contributed by atoms with Gasteiger partial charge in [-0.25, -0.2) is 4.68 Å². The minimum Gasteiger partial charge on any atom is -0.232 e. The van der Waals surface area contributed by atoms with Gasteiger partial charge >= 0.3 is 0 Å². The molecule has 3 nitrogen and oxygen atoms in total. The average molecular weight is 273 g/mol. The lowest BCUT2D eigenvalue weighted by atomic mass is 10.1. The maximum Gasteiger partial charge on any atom is 0.163 e. The Kier molecular flexibility index (Phi) is 3.29. The van der Waals surface area contributed by atoms with Gasteiger partial charge in [-0.3, -0.25) is 0 Å². The van der Waals surface area contributed by atoms with E-state index in [9.17, 15) is 0 Å². The molecule has 1 aromatic heterocycles. The minimum absolute atomic E-state index is 0.422. The van der Waals surface area contributed by atoms with Crippen molar-refractivity contribution in [1.82, 2.24) is 9.78 Å². The SMILES string of the molecule is Cc1ccc(-c2cc(C#N)nn2-c2ccc(C)cc2)cc1. The van der Waals surface area contributed by atoms with Crippen molar-refractivity contribution >= 4 is 0 Å². The molecule has 1 heterocycles. The largest absolute Gasteiger partial charge is 0.232 e. The van der Waals surface area contributed by atoms with E-state index in [1.807, 2.05) is 35.0 Å². The van der Waals surface area contributed by atoms with Gasteiger partial charge in [-0.05, 0) is 26.0 Å². The van der Waals surface area contributed by atoms with Gasteiger partial charge in [0.25, 0.3) is 0 Å². The Labute approximate surface area is 124 Å². The van der Waals surface area contributed by atoms with Crippen LogP contribution >= 0.6 is 0 Å². The van der Waals surface area contributed by atoms with E-state index < -0.39 is 0 Å². The minimum atomic E-state index is 0.422. The van der Waals surface area contributed by atoms with Crippen molar-refractivity contribution in [2.24, 2.45) is 0 Å². The van der Waals surface area contributed by atoms with Crippen molar-refractivity contribution in [2.45, 2.75) is 13.8 Å². The molecule has 0 atom stereocenters. The Morgan fingerprint density at radius 3 is 2.05 bits per heavy atom. The summed E-state index contributed by atoms with van der Waals surface area (Å²) in [6, 6.07) is 20.3. The molecule has 102 valence electrons. The second-order valence-corrected chi connectivity index (χ2v) is 5.14. The zero-order valence-corrected chi connectivity index (χ0v) is 12.0. The van der Waals surface area contributed by atoms with Gasteiger partial charge in [-0.15, -0.1) is 0 Å². The number of nitriles is 1. The Morgan fingerprint density at radius 2 is 1.48 bits per heavy atom. The zero-order chi connectivity index (χ0) is 14.8. The number of aryl methyl sites for hydroxylation is 2. The lowest BCUT2D eigenvalue weighted by molar-refractivity contribution is 0.880. The number of rotatable bonds is 2. The van der Waals surface area contributed by atoms with Gasteiger partial charge in [0.05, 0.1) is 11.4 Å². The summed E-state index contributed by atoms with van der Waals surface area (Å²) in [5.74, 6) is 0. The van der Waals surface area contributed by atoms with Gasteiger partial charge in [-0.2, -0.15) is 10.4 Å². The van der Waals surface area contributed by atoms with Crippen LogP contribution in [0.2, 0.25) is 0 Å². The number of aromatic nitrogens is 2. The van der Waals surface area contributed by atoms with Crippen molar-refractivity contribution < 1.29 is 0 Å². The van der Waals surface area contributed by atoms with Crippen LogP contribution < -0.4 is 0 Å². The van der Waals surface area contributed by atoms with Gasteiger partial charge in [-0.1, -0.05) is 47.5 Å². The average Bonchev–Trinajstić information content (AvgIpc) is 2.93. The number of nitrogens with zero attached hydrogens (tertiary/aromatic N) is 3. The molecule has 0 unspecified atom stereocenters. The van der Waals surface area contributed by atoms with Gasteiger partial charge in [0.2, 0.25) is 0 Å². The van der Waals surface area contributed by atoms with Crippen molar-refractivity contribution in [3.8, 4) is 23.0 Å². The highest BCUT2D eigenvalue weighted by atomic mass is 15.3. The molecule has 0 fully saturated rings. The third kappa shape index (κ3) is 2.56. The molecule has 2 aromatic carbocycles. The second-order valence-electron chi connectivity index (χ2n) is 5.14. The maximum absolute atomic E-state index is 9.13. The van der Waals surface area contributed by atoms with Crippen LogP contribution in [0.5, 0.6) is 0 Å². The quantitative estimate of drug-likeness (QED) is 0.707. The molecule has 0 saturated heterocycles. The summed E-state index contributed by atoms with van der Waals surface area (Å²) in [5.41, 5.74) is 5.76. The van der Waals surface area contributed by atoms with E-state index in [1.54, 1.807) is 0 Å². The summed E-state index contributed by atoms with van der Waals surface area (Å²) in [6.45, 7) is 4.11. The molecule has 0 amide bonds. The molecule has 0 radical (unpaired) electrons. The topological polar surface area (TPSA) is 41.6 Å². The summed E-state index contributed by atoms with van der Waals surface area (Å²) in [7, 11) is 0. The predicted molar refractivity (Wildman–Crippen MR) is 83.2 cm³/mol. The van der Waals surface area contributed by atoms with Crippen LogP contribution in [0, 0.1) is 25.2 Å². The highest BCUT2D eigenvalue weighted by Crippen LogP contribution is 2.24. The third-order valence-corrected chi connectivity index (χ3v) is 3.45. The normalized spacial score (nSPS) is 10.3. The van der Waals surface area contributed by atoms with E-state index in [0.717, 1.165) is 16.9 Å². The molecule has 0 aliphatic carbocycles. The smallest absolute Gasteiger partial charge is 0.163 e. The molecule has 0 N–H and O–H groups in total. The van der Waals surface area contributed by atoms with Crippen molar-refractivity contribution in [3.05, 3.63) is 71.4 Å². The Morgan fingerprint density at radius 1 is 0.905 bits per heavy atom. The van der Waals surface area contributed by atoms with E-state index in [4.69, 9.17) is 5.26 Å². The molecule has 3 heteroatoms. The van der Waals surface area contributed by atoms with Gasteiger partial charge < -0.3 is 0 Å². The summed E-state index contributed by atoms with van der Waals surface area (Å²) in [6.07, 6.45) is 0. The summed E-state index contributed by atoms with van der Waals surface area (Å²) in [5, 5.41) is 13.5. The van der Waals surface area contributed by atoms with E-state index in [0.29, 0.717) is 5.69 Å². The van der Waals surface area contributed by atoms with E-state index in [1.165, 1.54) is 11.1 Å². The first kappa shape index (κ1) is 13.1. The monoisotopic (exact) mass is 273 g/mol. The van der Waals surface area contributed by atoms with Crippen molar-refractivity contribution in [3.63, 3.8) is 0 Å². The second kappa shape index (κ2) is 5.26. The third-order valence-electron chi connectivity index (χ3n) is 3.45. The number of hydrogen-bond donors (Lipinski definition) is 0. The molecule has 21 heavy (non-hydrogen) atoms. The first-order valence-corrected chi connectivity index (χ1v) is 6.81. The Bertz CT molecular complexity index is 740. The molecular weight excluding hydrogens is 258 g/mol. The Balaban J connectivity index is 2.16. The first-order chi connectivity index (χ1) is 10.2. The molecule has 0 spiro atoms. The maximum atomic E-state index is 9.13.